The molecule has 0 aliphatic rings. The molecule has 0 saturated carbocycles. The Morgan fingerprint density at radius 2 is 2.28 bits per heavy atom. The van der Waals surface area contributed by atoms with Crippen molar-refractivity contribution in [3.63, 3.8) is 0 Å². The maximum atomic E-state index is 14.0. The van der Waals surface area contributed by atoms with Gasteiger partial charge < -0.3 is 10.4 Å². The lowest BCUT2D eigenvalue weighted by Crippen LogP contribution is -2.20. The predicted molar refractivity (Wildman–Crippen MR) is 99.2 cm³/mol. The van der Waals surface area contributed by atoms with Crippen LogP contribution in [0.2, 0.25) is 5.02 Å². The van der Waals surface area contributed by atoms with Gasteiger partial charge in [-0.05, 0) is 18.6 Å². The molecule has 0 amide bonds. The molecule has 2 heterocycles. The predicted octanol–water partition coefficient (Wildman–Crippen LogP) is 3.26. The molecule has 10 heteroatoms. The van der Waals surface area contributed by atoms with E-state index < -0.39 is 5.82 Å². The summed E-state index contributed by atoms with van der Waals surface area (Å²) in [4.78, 5) is 22.7. The van der Waals surface area contributed by atoms with E-state index in [9.17, 15) is 14.3 Å². The molecule has 3 N–H and O–H groups in total. The molecule has 0 spiro atoms. The van der Waals surface area contributed by atoms with Crippen LogP contribution in [0.4, 0.5) is 10.2 Å². The van der Waals surface area contributed by atoms with E-state index in [0.717, 1.165) is 11.3 Å². The maximum Gasteiger partial charge on any atom is 0.306 e. The van der Waals surface area contributed by atoms with Gasteiger partial charge in [-0.3, -0.25) is 9.78 Å². The molecule has 6 nitrogen and oxygen atoms in total. The third kappa shape index (κ3) is 4.12. The summed E-state index contributed by atoms with van der Waals surface area (Å²) in [5.41, 5.74) is 0.852. The average molecular weight is 401 g/mol. The number of benzene rings is 1. The highest BCUT2D eigenvalue weighted by Crippen LogP contribution is 2.29. The molecule has 0 bridgehead atoms. The Kier molecular flexibility index (Phi) is 5.57. The monoisotopic (exact) mass is 400 g/mol. The number of nitrogens with one attached hydrogen (secondary N) is 2. The molecule has 3 rings (SSSR count). The van der Waals surface area contributed by atoms with Crippen molar-refractivity contribution >= 4 is 50.9 Å². The summed E-state index contributed by atoms with van der Waals surface area (Å²) in [6.07, 6.45) is 0. The van der Waals surface area contributed by atoms with Crippen molar-refractivity contribution in [1.82, 2.24) is 15.0 Å². The summed E-state index contributed by atoms with van der Waals surface area (Å²) < 4.78 is 14.6. The number of fused-ring (bicyclic) bond motifs is 1. The average Bonchev–Trinajstić information content (AvgIpc) is 2.96. The second-order valence-corrected chi connectivity index (χ2v) is 7.61. The van der Waals surface area contributed by atoms with Crippen molar-refractivity contribution in [2.24, 2.45) is 0 Å². The highest BCUT2D eigenvalue weighted by Gasteiger charge is 2.15. The van der Waals surface area contributed by atoms with E-state index in [1.165, 1.54) is 17.8 Å². The van der Waals surface area contributed by atoms with E-state index in [4.69, 9.17) is 11.6 Å². The second-order valence-electron chi connectivity index (χ2n) is 5.28. The summed E-state index contributed by atoms with van der Waals surface area (Å²) in [7, 11) is 0. The van der Waals surface area contributed by atoms with E-state index in [0.29, 0.717) is 32.6 Å². The number of aromatic nitrogens is 3. The fourth-order valence-electron chi connectivity index (χ4n) is 2.07. The van der Waals surface area contributed by atoms with Crippen LogP contribution in [0.15, 0.2) is 28.2 Å². The molecule has 1 atom stereocenters. The van der Waals surface area contributed by atoms with Crippen molar-refractivity contribution in [3.8, 4) is 0 Å². The molecule has 0 saturated heterocycles. The van der Waals surface area contributed by atoms with E-state index in [-0.39, 0.29) is 22.5 Å². The smallest absolute Gasteiger partial charge is 0.306 e. The first-order chi connectivity index (χ1) is 12.0. The first-order valence-corrected chi connectivity index (χ1v) is 9.50. The summed E-state index contributed by atoms with van der Waals surface area (Å²) >= 11 is 8.01. The number of hydrogen-bond donors (Lipinski definition) is 3. The molecule has 0 aliphatic carbocycles. The topological polar surface area (TPSA) is 90.9 Å². The van der Waals surface area contributed by atoms with Crippen LogP contribution < -0.4 is 10.2 Å². The minimum Gasteiger partial charge on any atom is -0.394 e. The van der Waals surface area contributed by atoms with Crippen molar-refractivity contribution in [3.05, 3.63) is 44.3 Å². The van der Waals surface area contributed by atoms with Crippen LogP contribution in [0.1, 0.15) is 12.5 Å². The van der Waals surface area contributed by atoms with Gasteiger partial charge in [-0.2, -0.15) is 0 Å². The molecule has 0 fully saturated rings. The summed E-state index contributed by atoms with van der Waals surface area (Å²) in [5, 5.41) is 12.7. The molecule has 3 aromatic rings. The molecule has 25 heavy (non-hydrogen) atoms. The first kappa shape index (κ1) is 18.1. The third-order valence-corrected chi connectivity index (χ3v) is 5.37. The lowest BCUT2D eigenvalue weighted by molar-refractivity contribution is 0.281. The number of halogens is 2. The molecule has 132 valence electrons. The maximum absolute atomic E-state index is 14.0. The highest BCUT2D eigenvalue weighted by molar-refractivity contribution is 7.98. The number of aromatic amines is 1. The highest BCUT2D eigenvalue weighted by atomic mass is 35.5. The van der Waals surface area contributed by atoms with Crippen LogP contribution >= 0.6 is 34.7 Å². The van der Waals surface area contributed by atoms with Gasteiger partial charge in [0.15, 0.2) is 16.6 Å². The summed E-state index contributed by atoms with van der Waals surface area (Å²) in [5.74, 6) is 0.291. The van der Waals surface area contributed by atoms with Crippen LogP contribution in [0, 0.1) is 5.82 Å². The third-order valence-electron chi connectivity index (χ3n) is 3.31. The lowest BCUT2D eigenvalue weighted by atomic mass is 10.2. The van der Waals surface area contributed by atoms with Gasteiger partial charge >= 0.3 is 4.87 Å². The van der Waals surface area contributed by atoms with Crippen LogP contribution in [-0.4, -0.2) is 32.7 Å². The molecule has 0 aliphatic heterocycles. The van der Waals surface area contributed by atoms with Crippen LogP contribution in [0.25, 0.3) is 10.3 Å². The number of aliphatic hydroxyl groups excluding tert-OH is 1. The molecule has 1 aromatic carbocycles. The minimum atomic E-state index is -0.464. The number of H-pyrrole nitrogens is 1. The summed E-state index contributed by atoms with van der Waals surface area (Å²) in [6, 6.07) is 4.57. The van der Waals surface area contributed by atoms with Gasteiger partial charge in [0.2, 0.25) is 0 Å². The molecular weight excluding hydrogens is 387 g/mol. The largest absolute Gasteiger partial charge is 0.394 e. The SMILES string of the molecule is CC(CO)Nc1nc(SCc2cccc(Cl)c2F)nc2[nH]c(=O)sc12. The van der Waals surface area contributed by atoms with E-state index in [2.05, 4.69) is 20.3 Å². The summed E-state index contributed by atoms with van der Waals surface area (Å²) in [6.45, 7) is 1.71. The Balaban J connectivity index is 1.90. The van der Waals surface area contributed by atoms with Gasteiger partial charge in [-0.25, -0.2) is 14.4 Å². The normalized spacial score (nSPS) is 12.5. The van der Waals surface area contributed by atoms with Gasteiger partial charge in [-0.15, -0.1) is 0 Å². The van der Waals surface area contributed by atoms with Crippen molar-refractivity contribution in [1.29, 1.82) is 0 Å². The Bertz CT molecular complexity index is 962. The van der Waals surface area contributed by atoms with Crippen LogP contribution in [-0.2, 0) is 5.75 Å². The number of thioether (sulfide) groups is 1. The van der Waals surface area contributed by atoms with E-state index in [1.807, 2.05) is 0 Å². The standard InChI is InChI=1S/C15H14ClFN4O2S2/c1-7(5-22)18-12-11-13(21-15(23)25-11)20-14(19-12)24-6-8-3-2-4-9(16)10(8)17/h2-4,7,22H,5-6H2,1H3,(H2,18,19,20,21,23). The van der Waals surface area contributed by atoms with Gasteiger partial charge in [0.05, 0.1) is 11.6 Å². The van der Waals surface area contributed by atoms with E-state index >= 15 is 0 Å². The van der Waals surface area contributed by atoms with Crippen molar-refractivity contribution in [2.75, 3.05) is 11.9 Å². The zero-order valence-electron chi connectivity index (χ0n) is 13.0. The van der Waals surface area contributed by atoms with Gasteiger partial charge in [0.1, 0.15) is 10.5 Å². The Morgan fingerprint density at radius 1 is 1.48 bits per heavy atom. The minimum absolute atomic E-state index is 0.0655. The van der Waals surface area contributed by atoms with Crippen molar-refractivity contribution in [2.45, 2.75) is 23.9 Å². The lowest BCUT2D eigenvalue weighted by Gasteiger charge is -2.12. The zero-order valence-corrected chi connectivity index (χ0v) is 15.4. The molecule has 2 aromatic heterocycles. The quantitative estimate of drug-likeness (QED) is 0.434. The number of thiazole rings is 1. The zero-order chi connectivity index (χ0) is 18.0. The van der Waals surface area contributed by atoms with E-state index in [1.54, 1.807) is 19.1 Å². The Morgan fingerprint density at radius 3 is 3.04 bits per heavy atom. The molecule has 0 radical (unpaired) electrons. The number of rotatable bonds is 6. The fraction of sp³-hybridized carbons (Fsp3) is 0.267. The Hall–Kier alpha value is -1.68. The first-order valence-electron chi connectivity index (χ1n) is 7.32. The molecule has 1 unspecified atom stereocenters. The Labute approximate surface area is 155 Å². The van der Waals surface area contributed by atoms with Gasteiger partial charge in [0, 0.05) is 11.8 Å². The van der Waals surface area contributed by atoms with Crippen molar-refractivity contribution < 1.29 is 9.50 Å². The number of aliphatic hydroxyl groups is 1. The second kappa shape index (κ2) is 7.69. The van der Waals surface area contributed by atoms with Gasteiger partial charge in [-0.1, -0.05) is 46.8 Å². The number of nitrogens with zero attached hydrogens (tertiary/aromatic N) is 2. The van der Waals surface area contributed by atoms with Crippen LogP contribution in [0.3, 0.4) is 0 Å². The van der Waals surface area contributed by atoms with Gasteiger partial charge in [0.25, 0.3) is 0 Å². The number of anilines is 1. The van der Waals surface area contributed by atoms with Crippen LogP contribution in [0.5, 0.6) is 0 Å². The number of hydrogen-bond acceptors (Lipinski definition) is 7. The fourth-order valence-corrected chi connectivity index (χ4v) is 3.81. The molecular formula is C15H14ClFN4O2S2.